The zero-order valence-electron chi connectivity index (χ0n) is 11.1. The highest BCUT2D eigenvalue weighted by Crippen LogP contribution is 2.19. The van der Waals surface area contributed by atoms with Crippen LogP contribution in [0.2, 0.25) is 0 Å². The van der Waals surface area contributed by atoms with Crippen molar-refractivity contribution < 1.29 is 22.7 Å². The number of nitrogens with two attached hydrogens (primary N) is 1. The van der Waals surface area contributed by atoms with Crippen molar-refractivity contribution >= 4 is 11.7 Å². The molecule has 0 radical (unpaired) electrons. The van der Waals surface area contributed by atoms with Gasteiger partial charge in [0, 0.05) is 11.3 Å². The van der Waals surface area contributed by atoms with Gasteiger partial charge in [-0.15, -0.1) is 0 Å². The highest BCUT2D eigenvalue weighted by molar-refractivity contribution is 5.90. The van der Waals surface area contributed by atoms with Crippen LogP contribution in [-0.4, -0.2) is 5.97 Å². The first-order valence-corrected chi connectivity index (χ1v) is 6.05. The minimum atomic E-state index is -1.03. The number of esters is 1. The summed E-state index contributed by atoms with van der Waals surface area (Å²) in [5.41, 5.74) is 6.18. The molecule has 0 spiro atoms. The van der Waals surface area contributed by atoms with E-state index in [0.29, 0.717) is 0 Å². The molecule has 21 heavy (non-hydrogen) atoms. The molecule has 0 saturated heterocycles. The molecule has 0 aliphatic heterocycles. The summed E-state index contributed by atoms with van der Waals surface area (Å²) in [5, 5.41) is 0. The smallest absolute Gasteiger partial charge is 0.338 e. The maximum absolute atomic E-state index is 13.5. The largest absolute Gasteiger partial charge is 0.457 e. The molecule has 0 aliphatic rings. The topological polar surface area (TPSA) is 52.3 Å². The summed E-state index contributed by atoms with van der Waals surface area (Å²) in [5.74, 6) is -3.44. The summed E-state index contributed by atoms with van der Waals surface area (Å²) in [6, 6.07) is 5.45. The molecule has 0 fully saturated rings. The summed E-state index contributed by atoms with van der Waals surface area (Å²) in [7, 11) is 0. The molecule has 2 aromatic rings. The molecule has 6 heteroatoms. The maximum atomic E-state index is 13.5. The van der Waals surface area contributed by atoms with E-state index in [2.05, 4.69) is 0 Å². The van der Waals surface area contributed by atoms with Gasteiger partial charge in [-0.25, -0.2) is 18.0 Å². The van der Waals surface area contributed by atoms with Gasteiger partial charge in [0.2, 0.25) is 0 Å². The number of carbonyl (C=O) groups excluding carboxylic acids is 1. The Balaban J connectivity index is 2.10. The van der Waals surface area contributed by atoms with E-state index in [1.54, 1.807) is 0 Å². The Morgan fingerprint density at radius 3 is 2.43 bits per heavy atom. The molecular formula is C15H12F3NO2. The van der Waals surface area contributed by atoms with Crippen molar-refractivity contribution in [3.05, 3.63) is 64.5 Å². The highest BCUT2D eigenvalue weighted by atomic mass is 19.2. The van der Waals surface area contributed by atoms with Gasteiger partial charge < -0.3 is 10.5 Å². The Morgan fingerprint density at radius 2 is 1.81 bits per heavy atom. The van der Waals surface area contributed by atoms with Gasteiger partial charge in [0.05, 0.1) is 5.56 Å². The van der Waals surface area contributed by atoms with Crippen molar-refractivity contribution in [2.45, 2.75) is 13.5 Å². The average molecular weight is 295 g/mol. The number of benzene rings is 2. The maximum Gasteiger partial charge on any atom is 0.338 e. The third-order valence-electron chi connectivity index (χ3n) is 2.97. The normalized spacial score (nSPS) is 10.5. The summed E-state index contributed by atoms with van der Waals surface area (Å²) in [4.78, 5) is 11.8. The van der Waals surface area contributed by atoms with Gasteiger partial charge in [-0.1, -0.05) is 6.07 Å². The highest BCUT2D eigenvalue weighted by Gasteiger charge is 2.13. The summed E-state index contributed by atoms with van der Waals surface area (Å²) >= 11 is 0. The quantitative estimate of drug-likeness (QED) is 0.698. The molecular weight excluding hydrogens is 283 g/mol. The van der Waals surface area contributed by atoms with E-state index in [1.165, 1.54) is 19.1 Å². The molecule has 2 N–H and O–H groups in total. The van der Waals surface area contributed by atoms with Gasteiger partial charge in [-0.2, -0.15) is 0 Å². The van der Waals surface area contributed by atoms with Crippen molar-refractivity contribution in [2.75, 3.05) is 5.73 Å². The number of carbonyl (C=O) groups is 1. The Hall–Kier alpha value is -2.50. The second-order valence-electron chi connectivity index (χ2n) is 4.50. The van der Waals surface area contributed by atoms with Crippen molar-refractivity contribution in [1.29, 1.82) is 0 Å². The van der Waals surface area contributed by atoms with Crippen molar-refractivity contribution in [2.24, 2.45) is 0 Å². The summed E-state index contributed by atoms with van der Waals surface area (Å²) in [6.07, 6.45) is 0. The number of hydrogen-bond donors (Lipinski definition) is 1. The fourth-order valence-electron chi connectivity index (χ4n) is 1.68. The van der Waals surface area contributed by atoms with Crippen LogP contribution in [-0.2, 0) is 11.3 Å². The van der Waals surface area contributed by atoms with Gasteiger partial charge in [0.15, 0.2) is 11.6 Å². The first kappa shape index (κ1) is 14.9. The third kappa shape index (κ3) is 3.34. The predicted molar refractivity (Wildman–Crippen MR) is 71.0 cm³/mol. The zero-order valence-corrected chi connectivity index (χ0v) is 11.1. The van der Waals surface area contributed by atoms with Crippen LogP contribution in [0.5, 0.6) is 0 Å². The summed E-state index contributed by atoms with van der Waals surface area (Å²) < 4.78 is 44.1. The summed E-state index contributed by atoms with van der Waals surface area (Å²) in [6.45, 7) is 1.23. The third-order valence-corrected chi connectivity index (χ3v) is 2.97. The van der Waals surface area contributed by atoms with Gasteiger partial charge >= 0.3 is 5.97 Å². The minimum absolute atomic E-state index is 0.0433. The standard InChI is InChI=1S/C15H12F3NO2/c1-8-12(17)5-10(6-14(8)19)15(20)21-7-9-2-3-11(16)13(18)4-9/h2-6H,7,19H2,1H3. The number of hydrogen-bond acceptors (Lipinski definition) is 3. The first-order valence-electron chi connectivity index (χ1n) is 6.05. The Labute approximate surface area is 119 Å². The van der Waals surface area contributed by atoms with Crippen LogP contribution in [0.3, 0.4) is 0 Å². The average Bonchev–Trinajstić information content (AvgIpc) is 2.45. The molecule has 0 heterocycles. The van der Waals surface area contributed by atoms with Gasteiger partial charge in [-0.3, -0.25) is 0 Å². The Bertz CT molecular complexity index is 678. The number of anilines is 1. The molecule has 0 unspecified atom stereocenters. The van der Waals surface area contributed by atoms with Crippen LogP contribution >= 0.6 is 0 Å². The SMILES string of the molecule is Cc1c(N)cc(C(=O)OCc2ccc(F)c(F)c2)cc1F. The van der Waals surface area contributed by atoms with Gasteiger partial charge in [0.1, 0.15) is 12.4 Å². The molecule has 110 valence electrons. The van der Waals surface area contributed by atoms with Crippen LogP contribution in [0.25, 0.3) is 0 Å². The predicted octanol–water partition coefficient (Wildman–Crippen LogP) is 3.35. The van der Waals surface area contributed by atoms with E-state index in [1.807, 2.05) is 0 Å². The molecule has 0 bridgehead atoms. The fraction of sp³-hybridized carbons (Fsp3) is 0.133. The van der Waals surface area contributed by atoms with E-state index in [9.17, 15) is 18.0 Å². The van der Waals surface area contributed by atoms with Crippen LogP contribution in [0, 0.1) is 24.4 Å². The zero-order chi connectivity index (χ0) is 15.6. The Morgan fingerprint density at radius 1 is 1.10 bits per heavy atom. The Kier molecular flexibility index (Phi) is 4.16. The molecule has 0 aromatic heterocycles. The number of rotatable bonds is 3. The van der Waals surface area contributed by atoms with E-state index >= 15 is 0 Å². The first-order chi connectivity index (χ1) is 9.88. The van der Waals surface area contributed by atoms with Crippen molar-refractivity contribution in [3.63, 3.8) is 0 Å². The molecule has 0 amide bonds. The van der Waals surface area contributed by atoms with Gasteiger partial charge in [-0.05, 0) is 36.8 Å². The van der Waals surface area contributed by atoms with E-state index in [0.717, 1.165) is 18.2 Å². The lowest BCUT2D eigenvalue weighted by Crippen LogP contribution is -2.08. The van der Waals surface area contributed by atoms with Gasteiger partial charge in [0.25, 0.3) is 0 Å². The van der Waals surface area contributed by atoms with Crippen LogP contribution < -0.4 is 5.73 Å². The minimum Gasteiger partial charge on any atom is -0.457 e. The molecule has 3 nitrogen and oxygen atoms in total. The molecule has 2 rings (SSSR count). The van der Waals surface area contributed by atoms with E-state index in [4.69, 9.17) is 10.5 Å². The molecule has 2 aromatic carbocycles. The lowest BCUT2D eigenvalue weighted by atomic mass is 10.1. The number of nitrogen functional groups attached to an aromatic ring is 1. The van der Waals surface area contributed by atoms with Crippen LogP contribution in [0.4, 0.5) is 18.9 Å². The molecule has 0 aliphatic carbocycles. The van der Waals surface area contributed by atoms with Crippen LogP contribution in [0.1, 0.15) is 21.5 Å². The second-order valence-corrected chi connectivity index (χ2v) is 4.50. The van der Waals surface area contributed by atoms with Crippen molar-refractivity contribution in [3.8, 4) is 0 Å². The second kappa shape index (κ2) is 5.87. The number of ether oxygens (including phenoxy) is 1. The van der Waals surface area contributed by atoms with Crippen molar-refractivity contribution in [1.82, 2.24) is 0 Å². The number of halogens is 3. The fourth-order valence-corrected chi connectivity index (χ4v) is 1.68. The van der Waals surface area contributed by atoms with E-state index in [-0.39, 0.29) is 29.0 Å². The lowest BCUT2D eigenvalue weighted by molar-refractivity contribution is 0.0471. The van der Waals surface area contributed by atoms with E-state index < -0.39 is 23.4 Å². The van der Waals surface area contributed by atoms with Crippen LogP contribution in [0.15, 0.2) is 30.3 Å². The monoisotopic (exact) mass is 295 g/mol. The molecule has 0 atom stereocenters. The lowest BCUT2D eigenvalue weighted by Gasteiger charge is -2.08. The molecule has 0 saturated carbocycles.